The molecule has 1 N–H and O–H groups in total. The second kappa shape index (κ2) is 5.51. The van der Waals surface area contributed by atoms with E-state index in [4.69, 9.17) is 4.74 Å². The molecule has 0 aromatic carbocycles. The van der Waals surface area contributed by atoms with E-state index in [9.17, 15) is 0 Å². The minimum absolute atomic E-state index is 0.585. The summed E-state index contributed by atoms with van der Waals surface area (Å²) in [5.41, 5.74) is 1.22. The van der Waals surface area contributed by atoms with Crippen LogP contribution in [0.5, 0.6) is 0 Å². The highest BCUT2D eigenvalue weighted by Gasteiger charge is 2.14. The van der Waals surface area contributed by atoms with Gasteiger partial charge in [-0.1, -0.05) is 0 Å². The normalized spacial score (nSPS) is 17.4. The molecule has 2 rings (SSSR count). The number of rotatable bonds is 4. The van der Waals surface area contributed by atoms with Crippen LogP contribution in [0, 0.1) is 0 Å². The molecule has 0 bridgehead atoms. The minimum atomic E-state index is 0.585. The highest BCUT2D eigenvalue weighted by Crippen LogP contribution is 2.12. The summed E-state index contributed by atoms with van der Waals surface area (Å²) >= 11 is 0. The van der Waals surface area contributed by atoms with Gasteiger partial charge < -0.3 is 19.5 Å². The van der Waals surface area contributed by atoms with Crippen molar-refractivity contribution in [3.63, 3.8) is 0 Å². The predicted octanol–water partition coefficient (Wildman–Crippen LogP) is 0.755. The number of nitrogens with zero attached hydrogens (tertiary/aromatic N) is 3. The average Bonchev–Trinajstić information content (AvgIpc) is 2.69. The zero-order valence-electron chi connectivity index (χ0n) is 10.9. The van der Waals surface area contributed by atoms with Gasteiger partial charge in [-0.2, -0.15) is 0 Å². The van der Waals surface area contributed by atoms with Crippen LogP contribution in [0.15, 0.2) is 6.20 Å². The van der Waals surface area contributed by atoms with E-state index < -0.39 is 0 Å². The summed E-state index contributed by atoms with van der Waals surface area (Å²) in [6.45, 7) is 2.64. The molecular formula is C12H22N4O. The Morgan fingerprint density at radius 2 is 2.18 bits per heavy atom. The summed E-state index contributed by atoms with van der Waals surface area (Å²) in [6.07, 6.45) is 4.17. The zero-order chi connectivity index (χ0) is 12.3. The predicted molar refractivity (Wildman–Crippen MR) is 68.2 cm³/mol. The molecule has 96 valence electrons. The molecule has 0 radical (unpaired) electrons. The van der Waals surface area contributed by atoms with Crippen LogP contribution in [0.2, 0.25) is 0 Å². The number of aromatic nitrogens is 2. The van der Waals surface area contributed by atoms with Gasteiger partial charge >= 0.3 is 0 Å². The second-order valence-electron chi connectivity index (χ2n) is 4.77. The lowest BCUT2D eigenvalue weighted by Crippen LogP contribution is -2.34. The summed E-state index contributed by atoms with van der Waals surface area (Å²) in [5, 5.41) is 3.57. The lowest BCUT2D eigenvalue weighted by Gasteiger charge is -2.23. The van der Waals surface area contributed by atoms with Crippen molar-refractivity contribution in [3.05, 3.63) is 11.9 Å². The molecule has 0 saturated carbocycles. The first-order valence-corrected chi connectivity index (χ1v) is 6.17. The molecule has 2 heterocycles. The van der Waals surface area contributed by atoms with Crippen LogP contribution in [0.25, 0.3) is 0 Å². The molecule has 5 heteroatoms. The number of hydrogen-bond donors (Lipinski definition) is 1. The Bertz CT molecular complexity index is 355. The van der Waals surface area contributed by atoms with Crippen molar-refractivity contribution in [2.75, 3.05) is 32.2 Å². The smallest absolute Gasteiger partial charge is 0.204 e. The Hall–Kier alpha value is -1.07. The Balaban J connectivity index is 1.90. The van der Waals surface area contributed by atoms with E-state index in [0.29, 0.717) is 6.04 Å². The number of anilines is 1. The van der Waals surface area contributed by atoms with Crippen molar-refractivity contribution in [2.24, 2.45) is 7.05 Å². The SMILES string of the molecule is CN(C)c1ncc(CNC2CCOCC2)n1C. The Morgan fingerprint density at radius 1 is 1.47 bits per heavy atom. The number of hydrogen-bond acceptors (Lipinski definition) is 4. The van der Waals surface area contributed by atoms with E-state index in [0.717, 1.165) is 38.5 Å². The van der Waals surface area contributed by atoms with Crippen molar-refractivity contribution in [3.8, 4) is 0 Å². The van der Waals surface area contributed by atoms with E-state index in [1.54, 1.807) is 0 Å². The molecule has 0 unspecified atom stereocenters. The summed E-state index contributed by atoms with van der Waals surface area (Å²) in [6, 6.07) is 0.585. The molecule has 1 aromatic rings. The third-order valence-corrected chi connectivity index (χ3v) is 3.25. The number of nitrogens with one attached hydrogen (secondary N) is 1. The molecule has 0 spiro atoms. The summed E-state index contributed by atoms with van der Waals surface area (Å²) in [7, 11) is 6.08. The molecule has 0 aliphatic carbocycles. The molecule has 17 heavy (non-hydrogen) atoms. The van der Waals surface area contributed by atoms with E-state index in [1.807, 2.05) is 25.2 Å². The van der Waals surface area contributed by atoms with Crippen LogP contribution in [-0.2, 0) is 18.3 Å². The molecule has 1 aliphatic heterocycles. The summed E-state index contributed by atoms with van der Waals surface area (Å²) in [4.78, 5) is 6.43. The summed E-state index contributed by atoms with van der Waals surface area (Å²) in [5.74, 6) is 0.994. The Kier molecular flexibility index (Phi) is 4.02. The fourth-order valence-corrected chi connectivity index (χ4v) is 2.16. The maximum atomic E-state index is 5.35. The third-order valence-electron chi connectivity index (χ3n) is 3.25. The van der Waals surface area contributed by atoms with Gasteiger partial charge in [-0.3, -0.25) is 0 Å². The first-order chi connectivity index (χ1) is 8.18. The van der Waals surface area contributed by atoms with Gasteiger partial charge in [0, 0.05) is 46.9 Å². The Labute approximate surface area is 103 Å². The molecule has 1 aliphatic rings. The second-order valence-corrected chi connectivity index (χ2v) is 4.77. The van der Waals surface area contributed by atoms with Gasteiger partial charge in [0.1, 0.15) is 0 Å². The van der Waals surface area contributed by atoms with Gasteiger partial charge in [-0.15, -0.1) is 0 Å². The largest absolute Gasteiger partial charge is 0.381 e. The molecule has 0 atom stereocenters. The van der Waals surface area contributed by atoms with Gasteiger partial charge in [0.2, 0.25) is 5.95 Å². The fourth-order valence-electron chi connectivity index (χ4n) is 2.16. The van der Waals surface area contributed by atoms with Crippen molar-refractivity contribution in [1.29, 1.82) is 0 Å². The van der Waals surface area contributed by atoms with Gasteiger partial charge in [-0.05, 0) is 12.8 Å². The lowest BCUT2D eigenvalue weighted by molar-refractivity contribution is 0.0774. The van der Waals surface area contributed by atoms with E-state index in [1.165, 1.54) is 5.69 Å². The first-order valence-electron chi connectivity index (χ1n) is 6.17. The number of imidazole rings is 1. The summed E-state index contributed by atoms with van der Waals surface area (Å²) < 4.78 is 7.48. The van der Waals surface area contributed by atoms with Crippen molar-refractivity contribution >= 4 is 5.95 Å². The van der Waals surface area contributed by atoms with Crippen molar-refractivity contribution in [1.82, 2.24) is 14.9 Å². The maximum absolute atomic E-state index is 5.35. The topological polar surface area (TPSA) is 42.3 Å². The van der Waals surface area contributed by atoms with Crippen LogP contribution >= 0.6 is 0 Å². The van der Waals surface area contributed by atoms with Crippen molar-refractivity contribution in [2.45, 2.75) is 25.4 Å². The highest BCUT2D eigenvalue weighted by molar-refractivity contribution is 5.30. The zero-order valence-corrected chi connectivity index (χ0v) is 10.9. The highest BCUT2D eigenvalue weighted by atomic mass is 16.5. The maximum Gasteiger partial charge on any atom is 0.204 e. The van der Waals surface area contributed by atoms with Gasteiger partial charge in [-0.25, -0.2) is 4.98 Å². The van der Waals surface area contributed by atoms with Crippen molar-refractivity contribution < 1.29 is 4.74 Å². The average molecular weight is 238 g/mol. The first kappa shape index (κ1) is 12.4. The van der Waals surface area contributed by atoms with Gasteiger partial charge in [0.05, 0.1) is 11.9 Å². The van der Waals surface area contributed by atoms with Crippen LogP contribution in [0.1, 0.15) is 18.5 Å². The molecule has 0 amide bonds. The molecule has 5 nitrogen and oxygen atoms in total. The lowest BCUT2D eigenvalue weighted by atomic mass is 10.1. The van der Waals surface area contributed by atoms with Crippen LogP contribution in [0.4, 0.5) is 5.95 Å². The van der Waals surface area contributed by atoms with Gasteiger partial charge in [0.15, 0.2) is 0 Å². The molecule has 1 saturated heterocycles. The van der Waals surface area contributed by atoms with Crippen LogP contribution in [-0.4, -0.2) is 42.9 Å². The monoisotopic (exact) mass is 238 g/mol. The van der Waals surface area contributed by atoms with E-state index in [-0.39, 0.29) is 0 Å². The van der Waals surface area contributed by atoms with Gasteiger partial charge in [0.25, 0.3) is 0 Å². The quantitative estimate of drug-likeness (QED) is 0.841. The number of ether oxygens (including phenoxy) is 1. The third kappa shape index (κ3) is 2.98. The van der Waals surface area contributed by atoms with E-state index in [2.05, 4.69) is 21.9 Å². The Morgan fingerprint density at radius 3 is 2.76 bits per heavy atom. The fraction of sp³-hybridized carbons (Fsp3) is 0.750. The standard InChI is InChI=1S/C12H22N4O/c1-15(2)12-14-9-11(16(12)3)8-13-10-4-6-17-7-5-10/h9-10,13H,4-8H2,1-3H3. The van der Waals surface area contributed by atoms with Crippen LogP contribution in [0.3, 0.4) is 0 Å². The molecule has 1 aromatic heterocycles. The van der Waals surface area contributed by atoms with Crippen LogP contribution < -0.4 is 10.2 Å². The minimum Gasteiger partial charge on any atom is -0.381 e. The molecular weight excluding hydrogens is 216 g/mol. The van der Waals surface area contributed by atoms with E-state index >= 15 is 0 Å². The molecule has 1 fully saturated rings.